The van der Waals surface area contributed by atoms with Gasteiger partial charge in [-0.25, -0.2) is 0 Å². The molecule has 0 N–H and O–H groups in total. The first-order valence-electron chi connectivity index (χ1n) is 5.59. The van der Waals surface area contributed by atoms with Crippen LogP contribution in [0.25, 0.3) is 0 Å². The molecule has 1 aliphatic heterocycles. The molecule has 2 rings (SSSR count). The summed E-state index contributed by atoms with van der Waals surface area (Å²) < 4.78 is 11.5. The quantitative estimate of drug-likeness (QED) is 0.740. The van der Waals surface area contributed by atoms with Crippen molar-refractivity contribution >= 4 is 0 Å². The molecule has 0 saturated carbocycles. The lowest BCUT2D eigenvalue weighted by Gasteiger charge is -2.32. The smallest absolute Gasteiger partial charge is 0.162 e. The zero-order chi connectivity index (χ0) is 10.7. The second-order valence-electron chi connectivity index (χ2n) is 4.25. The fourth-order valence-electron chi connectivity index (χ4n) is 2.03. The van der Waals surface area contributed by atoms with E-state index < -0.39 is 0 Å². The standard InChI is InChI=1S/C13H18O2/c1-10-8-11(2)15-13(14-10)9-12-6-4-3-5-7-12/h3-7,10-11,13H,8-9H2,1-2H3/t10-,11-/m0/s1. The van der Waals surface area contributed by atoms with Crippen molar-refractivity contribution in [2.24, 2.45) is 0 Å². The van der Waals surface area contributed by atoms with E-state index in [4.69, 9.17) is 9.47 Å². The topological polar surface area (TPSA) is 18.5 Å². The Morgan fingerprint density at radius 1 is 1.07 bits per heavy atom. The largest absolute Gasteiger partial charge is 0.349 e. The van der Waals surface area contributed by atoms with E-state index in [0.29, 0.717) is 12.2 Å². The number of hydrogen-bond donors (Lipinski definition) is 0. The number of ether oxygens (including phenoxy) is 2. The molecule has 0 aromatic heterocycles. The van der Waals surface area contributed by atoms with Gasteiger partial charge in [0.15, 0.2) is 6.29 Å². The number of benzene rings is 1. The maximum Gasteiger partial charge on any atom is 0.162 e. The molecule has 82 valence electrons. The van der Waals surface area contributed by atoms with Crippen LogP contribution in [-0.2, 0) is 15.9 Å². The van der Waals surface area contributed by atoms with Crippen LogP contribution in [0.4, 0.5) is 0 Å². The van der Waals surface area contributed by atoms with Gasteiger partial charge in [-0.05, 0) is 25.8 Å². The molecule has 1 saturated heterocycles. The van der Waals surface area contributed by atoms with Crippen LogP contribution in [0, 0.1) is 0 Å². The van der Waals surface area contributed by atoms with Crippen LogP contribution < -0.4 is 0 Å². The molecular formula is C13H18O2. The van der Waals surface area contributed by atoms with Crippen molar-refractivity contribution in [1.29, 1.82) is 0 Å². The normalized spacial score (nSPS) is 31.5. The molecular weight excluding hydrogens is 188 g/mol. The van der Waals surface area contributed by atoms with Crippen molar-refractivity contribution < 1.29 is 9.47 Å². The lowest BCUT2D eigenvalue weighted by Crippen LogP contribution is -2.36. The highest BCUT2D eigenvalue weighted by molar-refractivity contribution is 5.15. The fourth-order valence-corrected chi connectivity index (χ4v) is 2.03. The van der Waals surface area contributed by atoms with Crippen LogP contribution >= 0.6 is 0 Å². The average Bonchev–Trinajstić information content (AvgIpc) is 2.17. The number of rotatable bonds is 2. The average molecular weight is 206 g/mol. The van der Waals surface area contributed by atoms with E-state index in [1.54, 1.807) is 0 Å². The summed E-state index contributed by atoms with van der Waals surface area (Å²) in [6.07, 6.45) is 2.37. The molecule has 0 aliphatic carbocycles. The molecule has 1 aromatic carbocycles. The van der Waals surface area contributed by atoms with Gasteiger partial charge in [0.1, 0.15) is 0 Å². The lowest BCUT2D eigenvalue weighted by atomic mass is 10.1. The van der Waals surface area contributed by atoms with E-state index in [2.05, 4.69) is 26.0 Å². The van der Waals surface area contributed by atoms with Crippen molar-refractivity contribution in [3.05, 3.63) is 35.9 Å². The highest BCUT2D eigenvalue weighted by Crippen LogP contribution is 2.20. The summed E-state index contributed by atoms with van der Waals surface area (Å²) in [5.41, 5.74) is 1.27. The maximum absolute atomic E-state index is 5.74. The molecule has 2 nitrogen and oxygen atoms in total. The summed E-state index contributed by atoms with van der Waals surface area (Å²) in [4.78, 5) is 0. The van der Waals surface area contributed by atoms with E-state index in [-0.39, 0.29) is 6.29 Å². The van der Waals surface area contributed by atoms with Crippen molar-refractivity contribution in [2.75, 3.05) is 0 Å². The minimum atomic E-state index is -0.0776. The molecule has 2 atom stereocenters. The molecule has 1 aromatic rings. The summed E-state index contributed by atoms with van der Waals surface area (Å²) in [6, 6.07) is 10.3. The SMILES string of the molecule is C[C@H]1C[C@H](C)OC(Cc2ccccc2)O1. The minimum absolute atomic E-state index is 0.0776. The Morgan fingerprint density at radius 3 is 2.27 bits per heavy atom. The van der Waals surface area contributed by atoms with Crippen molar-refractivity contribution in [1.82, 2.24) is 0 Å². The Morgan fingerprint density at radius 2 is 1.67 bits per heavy atom. The van der Waals surface area contributed by atoms with Gasteiger partial charge >= 0.3 is 0 Å². The third kappa shape index (κ3) is 3.05. The molecule has 1 heterocycles. The second kappa shape index (κ2) is 4.77. The fraction of sp³-hybridized carbons (Fsp3) is 0.538. The third-order valence-corrected chi connectivity index (χ3v) is 2.68. The van der Waals surface area contributed by atoms with Crippen LogP contribution in [0.2, 0.25) is 0 Å². The van der Waals surface area contributed by atoms with E-state index in [9.17, 15) is 0 Å². The van der Waals surface area contributed by atoms with Gasteiger partial charge in [-0.3, -0.25) is 0 Å². The predicted octanol–water partition coefficient (Wildman–Crippen LogP) is 2.77. The molecule has 1 fully saturated rings. The predicted molar refractivity (Wildman–Crippen MR) is 59.6 cm³/mol. The molecule has 0 unspecified atom stereocenters. The molecule has 0 bridgehead atoms. The summed E-state index contributed by atoms with van der Waals surface area (Å²) >= 11 is 0. The van der Waals surface area contributed by atoms with Crippen molar-refractivity contribution in [2.45, 2.75) is 45.2 Å². The van der Waals surface area contributed by atoms with Gasteiger partial charge in [0, 0.05) is 6.42 Å². The lowest BCUT2D eigenvalue weighted by molar-refractivity contribution is -0.232. The van der Waals surface area contributed by atoms with E-state index >= 15 is 0 Å². The van der Waals surface area contributed by atoms with E-state index in [1.807, 2.05) is 18.2 Å². The maximum atomic E-state index is 5.74. The summed E-state index contributed by atoms with van der Waals surface area (Å²) in [5, 5.41) is 0. The zero-order valence-electron chi connectivity index (χ0n) is 9.35. The van der Waals surface area contributed by atoms with Gasteiger partial charge in [-0.15, -0.1) is 0 Å². The first-order chi connectivity index (χ1) is 7.24. The van der Waals surface area contributed by atoms with Gasteiger partial charge in [0.25, 0.3) is 0 Å². The first kappa shape index (κ1) is 10.7. The minimum Gasteiger partial charge on any atom is -0.349 e. The Kier molecular flexibility index (Phi) is 3.39. The van der Waals surface area contributed by atoms with Crippen LogP contribution in [0.1, 0.15) is 25.8 Å². The summed E-state index contributed by atoms with van der Waals surface area (Å²) in [6.45, 7) is 4.22. The number of hydrogen-bond acceptors (Lipinski definition) is 2. The summed E-state index contributed by atoms with van der Waals surface area (Å²) in [5.74, 6) is 0. The molecule has 0 radical (unpaired) electrons. The first-order valence-corrected chi connectivity index (χ1v) is 5.59. The summed E-state index contributed by atoms with van der Waals surface area (Å²) in [7, 11) is 0. The Balaban J connectivity index is 1.94. The Bertz CT molecular complexity index is 287. The van der Waals surface area contributed by atoms with Crippen LogP contribution in [0.3, 0.4) is 0 Å². The molecule has 2 heteroatoms. The zero-order valence-corrected chi connectivity index (χ0v) is 9.35. The second-order valence-corrected chi connectivity index (χ2v) is 4.25. The van der Waals surface area contributed by atoms with Crippen LogP contribution in [-0.4, -0.2) is 18.5 Å². The van der Waals surface area contributed by atoms with Gasteiger partial charge in [0.2, 0.25) is 0 Å². The van der Waals surface area contributed by atoms with Gasteiger partial charge in [-0.1, -0.05) is 30.3 Å². The third-order valence-electron chi connectivity index (χ3n) is 2.68. The van der Waals surface area contributed by atoms with Gasteiger partial charge in [-0.2, -0.15) is 0 Å². The van der Waals surface area contributed by atoms with Crippen LogP contribution in [0.5, 0.6) is 0 Å². The molecule has 15 heavy (non-hydrogen) atoms. The van der Waals surface area contributed by atoms with Crippen molar-refractivity contribution in [3.63, 3.8) is 0 Å². The Labute approximate surface area is 91.2 Å². The molecule has 0 amide bonds. The van der Waals surface area contributed by atoms with E-state index in [0.717, 1.165) is 12.8 Å². The molecule has 0 spiro atoms. The highest BCUT2D eigenvalue weighted by atomic mass is 16.7. The van der Waals surface area contributed by atoms with Crippen molar-refractivity contribution in [3.8, 4) is 0 Å². The van der Waals surface area contributed by atoms with Crippen LogP contribution in [0.15, 0.2) is 30.3 Å². The Hall–Kier alpha value is -0.860. The van der Waals surface area contributed by atoms with Gasteiger partial charge in [0.05, 0.1) is 12.2 Å². The van der Waals surface area contributed by atoms with E-state index in [1.165, 1.54) is 5.56 Å². The monoisotopic (exact) mass is 206 g/mol. The highest BCUT2D eigenvalue weighted by Gasteiger charge is 2.24. The van der Waals surface area contributed by atoms with Gasteiger partial charge < -0.3 is 9.47 Å². The molecule has 1 aliphatic rings.